The van der Waals surface area contributed by atoms with E-state index in [-0.39, 0.29) is 23.6 Å². The third-order valence-corrected chi connectivity index (χ3v) is 2.70. The van der Waals surface area contributed by atoms with Crippen LogP contribution in [0.15, 0.2) is 42.5 Å². The second-order valence-corrected chi connectivity index (χ2v) is 4.12. The van der Waals surface area contributed by atoms with Gasteiger partial charge in [0.2, 0.25) is 0 Å². The third-order valence-electron chi connectivity index (χ3n) is 2.70. The maximum atomic E-state index is 13.5. The minimum Gasteiger partial charge on any atom is -0.489 e. The van der Waals surface area contributed by atoms with Crippen molar-refractivity contribution in [3.63, 3.8) is 0 Å². The van der Waals surface area contributed by atoms with Crippen LogP contribution in [0.5, 0.6) is 5.75 Å². The summed E-state index contributed by atoms with van der Waals surface area (Å²) in [6.45, 7) is -0.236. The predicted molar refractivity (Wildman–Crippen MR) is 66.6 cm³/mol. The van der Waals surface area contributed by atoms with E-state index in [2.05, 4.69) is 0 Å². The van der Waals surface area contributed by atoms with E-state index in [1.165, 1.54) is 30.3 Å². The molecule has 0 aliphatic carbocycles. The summed E-state index contributed by atoms with van der Waals surface area (Å²) in [5.74, 6) is -0.556. The van der Waals surface area contributed by atoms with Gasteiger partial charge in [-0.05, 0) is 30.3 Å². The second kappa shape index (κ2) is 5.40. The minimum atomic E-state index is -4.45. The van der Waals surface area contributed by atoms with Gasteiger partial charge in [0.25, 0.3) is 0 Å². The minimum absolute atomic E-state index is 0.00229. The molecule has 2 N–H and O–H groups in total. The summed E-state index contributed by atoms with van der Waals surface area (Å²) in [6.07, 6.45) is -4.45. The lowest BCUT2D eigenvalue weighted by atomic mass is 10.2. The molecule has 0 aromatic heterocycles. The fourth-order valence-electron chi connectivity index (χ4n) is 1.65. The number of nitrogens with two attached hydrogens (primary N) is 1. The van der Waals surface area contributed by atoms with E-state index in [1.807, 2.05) is 0 Å². The van der Waals surface area contributed by atoms with Gasteiger partial charge in [0.1, 0.15) is 18.2 Å². The lowest BCUT2D eigenvalue weighted by Crippen LogP contribution is -2.06. The van der Waals surface area contributed by atoms with E-state index in [0.717, 1.165) is 12.1 Å². The molecular weight excluding hydrogens is 274 g/mol. The molecule has 0 atom stereocenters. The molecule has 0 bridgehead atoms. The molecule has 0 aliphatic heterocycles. The van der Waals surface area contributed by atoms with E-state index in [0.29, 0.717) is 0 Å². The van der Waals surface area contributed by atoms with Crippen LogP contribution >= 0.6 is 0 Å². The van der Waals surface area contributed by atoms with Gasteiger partial charge in [0, 0.05) is 11.3 Å². The molecule has 2 aromatic carbocycles. The predicted octanol–water partition coefficient (Wildman–Crippen LogP) is 4.01. The molecule has 0 fully saturated rings. The van der Waals surface area contributed by atoms with E-state index in [1.54, 1.807) is 0 Å². The summed E-state index contributed by atoms with van der Waals surface area (Å²) in [6, 6.07) is 8.53. The fraction of sp³-hybridized carbons (Fsp3) is 0.143. The highest BCUT2D eigenvalue weighted by Crippen LogP contribution is 2.31. The number of rotatable bonds is 3. The van der Waals surface area contributed by atoms with E-state index in [4.69, 9.17) is 10.5 Å². The number of hydrogen-bond acceptors (Lipinski definition) is 2. The summed E-state index contributed by atoms with van der Waals surface area (Å²) in [5, 5.41) is 0. The lowest BCUT2D eigenvalue weighted by Gasteiger charge is -2.11. The van der Waals surface area contributed by atoms with Crippen LogP contribution in [0, 0.1) is 5.82 Å². The Morgan fingerprint density at radius 3 is 2.40 bits per heavy atom. The average Bonchev–Trinajstić information content (AvgIpc) is 2.37. The Labute approximate surface area is 112 Å². The first-order chi connectivity index (χ1) is 9.38. The van der Waals surface area contributed by atoms with Gasteiger partial charge in [-0.25, -0.2) is 4.39 Å². The Morgan fingerprint density at radius 2 is 1.75 bits per heavy atom. The number of hydrogen-bond donors (Lipinski definition) is 1. The van der Waals surface area contributed by atoms with E-state index in [9.17, 15) is 17.6 Å². The van der Waals surface area contributed by atoms with Crippen molar-refractivity contribution in [3.8, 4) is 5.75 Å². The molecule has 106 valence electrons. The highest BCUT2D eigenvalue weighted by molar-refractivity contribution is 5.47. The Kier molecular flexibility index (Phi) is 3.83. The molecule has 6 heteroatoms. The summed E-state index contributed by atoms with van der Waals surface area (Å²) < 4.78 is 56.2. The third kappa shape index (κ3) is 3.20. The maximum absolute atomic E-state index is 13.5. The van der Waals surface area contributed by atoms with Crippen molar-refractivity contribution < 1.29 is 22.3 Å². The summed E-state index contributed by atoms with van der Waals surface area (Å²) in [7, 11) is 0. The number of nitrogen functional groups attached to an aromatic ring is 1. The molecule has 0 spiro atoms. The van der Waals surface area contributed by atoms with Crippen LogP contribution in [-0.2, 0) is 12.8 Å². The topological polar surface area (TPSA) is 35.2 Å². The molecule has 20 heavy (non-hydrogen) atoms. The second-order valence-electron chi connectivity index (χ2n) is 4.12. The van der Waals surface area contributed by atoms with Crippen LogP contribution < -0.4 is 10.5 Å². The molecular formula is C14H11F4NO. The molecule has 0 saturated carbocycles. The first-order valence-electron chi connectivity index (χ1n) is 5.71. The number of anilines is 1. The Morgan fingerprint density at radius 1 is 1.05 bits per heavy atom. The summed E-state index contributed by atoms with van der Waals surface area (Å²) in [4.78, 5) is 0. The first kappa shape index (κ1) is 14.2. The van der Waals surface area contributed by atoms with Gasteiger partial charge in [-0.15, -0.1) is 0 Å². The molecule has 2 rings (SSSR count). The van der Waals surface area contributed by atoms with Crippen molar-refractivity contribution in [1.29, 1.82) is 0 Å². The van der Waals surface area contributed by atoms with Crippen molar-refractivity contribution in [1.82, 2.24) is 0 Å². The van der Waals surface area contributed by atoms with Crippen molar-refractivity contribution in [2.75, 3.05) is 5.73 Å². The van der Waals surface area contributed by atoms with Crippen LogP contribution in [0.2, 0.25) is 0 Å². The van der Waals surface area contributed by atoms with Gasteiger partial charge >= 0.3 is 6.18 Å². The highest BCUT2D eigenvalue weighted by Gasteiger charge is 2.30. The molecule has 0 radical (unpaired) electrons. The van der Waals surface area contributed by atoms with Gasteiger partial charge in [0.15, 0.2) is 0 Å². The summed E-state index contributed by atoms with van der Waals surface area (Å²) >= 11 is 0. The number of alkyl halides is 3. The van der Waals surface area contributed by atoms with Crippen molar-refractivity contribution >= 4 is 5.69 Å². The average molecular weight is 285 g/mol. The quantitative estimate of drug-likeness (QED) is 0.683. The lowest BCUT2D eigenvalue weighted by molar-refractivity contribution is -0.137. The Balaban J connectivity index is 2.16. The zero-order chi connectivity index (χ0) is 14.8. The van der Waals surface area contributed by atoms with Crippen molar-refractivity contribution in [2.45, 2.75) is 12.8 Å². The standard InChI is InChI=1S/C14H11F4NO/c15-12-5-2-6-13(19)11(12)8-20-10-4-1-3-9(7-10)14(16,17)18/h1-7H,8,19H2. The van der Waals surface area contributed by atoms with Crippen LogP contribution in [-0.4, -0.2) is 0 Å². The van der Waals surface area contributed by atoms with E-state index < -0.39 is 17.6 Å². The van der Waals surface area contributed by atoms with Crippen LogP contribution in [0.1, 0.15) is 11.1 Å². The molecule has 0 amide bonds. The van der Waals surface area contributed by atoms with E-state index >= 15 is 0 Å². The SMILES string of the molecule is Nc1cccc(F)c1COc1cccc(C(F)(F)F)c1. The monoisotopic (exact) mass is 285 g/mol. The molecule has 0 heterocycles. The number of halogens is 4. The molecule has 0 unspecified atom stereocenters. The van der Waals surface area contributed by atoms with Gasteiger partial charge < -0.3 is 10.5 Å². The zero-order valence-corrected chi connectivity index (χ0v) is 10.2. The van der Waals surface area contributed by atoms with Crippen molar-refractivity contribution in [3.05, 3.63) is 59.4 Å². The Bertz CT molecular complexity index is 590. The van der Waals surface area contributed by atoms with Crippen molar-refractivity contribution in [2.24, 2.45) is 0 Å². The molecule has 2 aromatic rings. The van der Waals surface area contributed by atoms with Crippen LogP contribution in [0.25, 0.3) is 0 Å². The van der Waals surface area contributed by atoms with Gasteiger partial charge in [0.05, 0.1) is 5.56 Å². The maximum Gasteiger partial charge on any atom is 0.416 e. The molecule has 0 aliphatic rings. The van der Waals surface area contributed by atoms with Crippen LogP contribution in [0.4, 0.5) is 23.2 Å². The Hall–Kier alpha value is -2.24. The molecule has 0 saturated heterocycles. The largest absolute Gasteiger partial charge is 0.489 e. The fourth-order valence-corrected chi connectivity index (χ4v) is 1.65. The van der Waals surface area contributed by atoms with Gasteiger partial charge in [-0.3, -0.25) is 0 Å². The number of ether oxygens (including phenoxy) is 1. The first-order valence-corrected chi connectivity index (χ1v) is 5.71. The number of benzene rings is 2. The van der Waals surface area contributed by atoms with Crippen LogP contribution in [0.3, 0.4) is 0 Å². The van der Waals surface area contributed by atoms with Gasteiger partial charge in [-0.1, -0.05) is 12.1 Å². The normalized spacial score (nSPS) is 11.4. The smallest absolute Gasteiger partial charge is 0.416 e. The van der Waals surface area contributed by atoms with Gasteiger partial charge in [-0.2, -0.15) is 13.2 Å². The zero-order valence-electron chi connectivity index (χ0n) is 10.2. The molecule has 2 nitrogen and oxygen atoms in total. The summed E-state index contributed by atoms with van der Waals surface area (Å²) in [5.41, 5.74) is 5.07. The highest BCUT2D eigenvalue weighted by atomic mass is 19.4.